The molecule has 138 valence electrons. The Morgan fingerprint density at radius 1 is 1.24 bits per heavy atom. The molecule has 0 bridgehead atoms. The second-order valence-corrected chi connectivity index (χ2v) is 7.85. The van der Waals surface area contributed by atoms with Crippen LogP contribution in [0, 0.1) is 17.8 Å². The largest absolute Gasteiger partial charge is 0.396 e. The van der Waals surface area contributed by atoms with E-state index in [4.69, 9.17) is 0 Å². The lowest BCUT2D eigenvalue weighted by Gasteiger charge is -2.24. The maximum Gasteiger partial charge on any atom is 0.315 e. The van der Waals surface area contributed by atoms with Crippen LogP contribution in [0.5, 0.6) is 0 Å². The molecular formula is C20H31N3O2. The highest BCUT2D eigenvalue weighted by molar-refractivity contribution is 5.74. The van der Waals surface area contributed by atoms with Gasteiger partial charge in [-0.1, -0.05) is 37.3 Å². The van der Waals surface area contributed by atoms with Gasteiger partial charge in [-0.15, -0.1) is 0 Å². The molecule has 0 unspecified atom stereocenters. The van der Waals surface area contributed by atoms with Crippen molar-refractivity contribution in [1.29, 1.82) is 0 Å². The molecule has 1 aromatic carbocycles. The number of benzene rings is 1. The van der Waals surface area contributed by atoms with Crippen LogP contribution in [0.25, 0.3) is 0 Å². The van der Waals surface area contributed by atoms with Crippen LogP contribution < -0.4 is 10.6 Å². The third kappa shape index (κ3) is 4.53. The summed E-state index contributed by atoms with van der Waals surface area (Å²) in [4.78, 5) is 14.8. The summed E-state index contributed by atoms with van der Waals surface area (Å²) in [6.45, 7) is 7.16. The van der Waals surface area contributed by atoms with Crippen molar-refractivity contribution in [3.8, 4) is 0 Å². The summed E-state index contributed by atoms with van der Waals surface area (Å²) in [5, 5.41) is 15.3. The monoisotopic (exact) mass is 345 g/mol. The van der Waals surface area contributed by atoms with Gasteiger partial charge in [0, 0.05) is 38.3 Å². The first-order valence-corrected chi connectivity index (χ1v) is 9.51. The molecule has 0 spiro atoms. The molecule has 5 atom stereocenters. The third-order valence-corrected chi connectivity index (χ3v) is 6.00. The molecule has 3 N–H and O–H groups in total. The van der Waals surface area contributed by atoms with Gasteiger partial charge in [0.1, 0.15) is 0 Å². The van der Waals surface area contributed by atoms with Gasteiger partial charge in [0.2, 0.25) is 0 Å². The highest BCUT2D eigenvalue weighted by Gasteiger charge is 2.43. The molecule has 5 nitrogen and oxygen atoms in total. The van der Waals surface area contributed by atoms with Crippen molar-refractivity contribution in [2.45, 2.75) is 45.3 Å². The third-order valence-electron chi connectivity index (χ3n) is 6.00. The number of nitrogens with one attached hydrogen (secondary N) is 2. The zero-order valence-electron chi connectivity index (χ0n) is 15.3. The first-order chi connectivity index (χ1) is 12.1. The van der Waals surface area contributed by atoms with Crippen molar-refractivity contribution in [3.05, 3.63) is 35.9 Å². The minimum absolute atomic E-state index is 0.0274. The maximum atomic E-state index is 12.3. The van der Waals surface area contributed by atoms with E-state index >= 15 is 0 Å². The minimum atomic E-state index is -0.0973. The number of urea groups is 1. The van der Waals surface area contributed by atoms with Gasteiger partial charge in [0.05, 0.1) is 0 Å². The van der Waals surface area contributed by atoms with Crippen molar-refractivity contribution in [2.24, 2.45) is 17.8 Å². The Kier molecular flexibility index (Phi) is 5.97. The van der Waals surface area contributed by atoms with Crippen LogP contribution in [0.1, 0.15) is 32.3 Å². The molecule has 2 amide bonds. The maximum absolute atomic E-state index is 12.3. The van der Waals surface area contributed by atoms with Crippen LogP contribution in [0.3, 0.4) is 0 Å². The molecule has 1 aromatic rings. The summed E-state index contributed by atoms with van der Waals surface area (Å²) >= 11 is 0. The molecule has 1 saturated heterocycles. The fraction of sp³-hybridized carbons (Fsp3) is 0.650. The highest BCUT2D eigenvalue weighted by atomic mass is 16.3. The average molecular weight is 345 g/mol. The van der Waals surface area contributed by atoms with Crippen LogP contribution in [0.4, 0.5) is 4.79 Å². The number of hydrogen-bond acceptors (Lipinski definition) is 3. The van der Waals surface area contributed by atoms with E-state index in [1.54, 1.807) is 0 Å². The predicted molar refractivity (Wildman–Crippen MR) is 99.1 cm³/mol. The van der Waals surface area contributed by atoms with E-state index < -0.39 is 0 Å². The van der Waals surface area contributed by atoms with Gasteiger partial charge in [-0.05, 0) is 43.1 Å². The number of hydrogen-bond donors (Lipinski definition) is 3. The van der Waals surface area contributed by atoms with Gasteiger partial charge in [-0.25, -0.2) is 4.79 Å². The second kappa shape index (κ2) is 8.19. The number of amides is 2. The van der Waals surface area contributed by atoms with Gasteiger partial charge in [-0.3, -0.25) is 4.90 Å². The summed E-state index contributed by atoms with van der Waals surface area (Å²) in [7, 11) is 0. The zero-order valence-corrected chi connectivity index (χ0v) is 15.3. The number of aliphatic hydroxyl groups is 1. The Hall–Kier alpha value is -1.59. The van der Waals surface area contributed by atoms with E-state index in [1.165, 1.54) is 12.0 Å². The average Bonchev–Trinajstić information content (AvgIpc) is 3.16. The SMILES string of the molecule is C[C@H](CO)[C@H](C)NC(=O)N[C@@H]1CC[C@@H]2CN(Cc3ccccc3)C[C@@H]21. The first kappa shape index (κ1) is 18.2. The first-order valence-electron chi connectivity index (χ1n) is 9.51. The molecule has 0 aromatic heterocycles. The summed E-state index contributed by atoms with van der Waals surface area (Å²) < 4.78 is 0. The summed E-state index contributed by atoms with van der Waals surface area (Å²) in [6.07, 6.45) is 2.27. The van der Waals surface area contributed by atoms with Crippen molar-refractivity contribution in [3.63, 3.8) is 0 Å². The van der Waals surface area contributed by atoms with Crippen molar-refractivity contribution in [2.75, 3.05) is 19.7 Å². The quantitative estimate of drug-likeness (QED) is 0.741. The second-order valence-electron chi connectivity index (χ2n) is 7.85. The minimum Gasteiger partial charge on any atom is -0.396 e. The van der Waals surface area contributed by atoms with Gasteiger partial charge < -0.3 is 15.7 Å². The van der Waals surface area contributed by atoms with Crippen molar-refractivity contribution >= 4 is 6.03 Å². The number of likely N-dealkylation sites (tertiary alicyclic amines) is 1. The Morgan fingerprint density at radius 3 is 2.72 bits per heavy atom. The van der Waals surface area contributed by atoms with E-state index in [2.05, 4.69) is 45.9 Å². The van der Waals surface area contributed by atoms with Crippen LogP contribution >= 0.6 is 0 Å². The molecule has 0 radical (unpaired) electrons. The van der Waals surface area contributed by atoms with Crippen LogP contribution in [0.15, 0.2) is 30.3 Å². The van der Waals surface area contributed by atoms with Gasteiger partial charge in [0.15, 0.2) is 0 Å². The van der Waals surface area contributed by atoms with E-state index in [0.717, 1.165) is 26.1 Å². The topological polar surface area (TPSA) is 64.6 Å². The molecular weight excluding hydrogens is 314 g/mol. The van der Waals surface area contributed by atoms with Crippen LogP contribution in [-0.2, 0) is 6.54 Å². The number of nitrogens with zero attached hydrogens (tertiary/aromatic N) is 1. The predicted octanol–water partition coefficient (Wildman–Crippen LogP) is 2.21. The number of fused-ring (bicyclic) bond motifs is 1. The number of rotatable bonds is 6. The molecule has 2 aliphatic rings. The van der Waals surface area contributed by atoms with E-state index in [0.29, 0.717) is 11.8 Å². The van der Waals surface area contributed by atoms with E-state index in [9.17, 15) is 9.90 Å². The molecule has 5 heteroatoms. The Morgan fingerprint density at radius 2 is 2.00 bits per heavy atom. The van der Waals surface area contributed by atoms with E-state index in [-0.39, 0.29) is 30.6 Å². The van der Waals surface area contributed by atoms with Gasteiger partial charge >= 0.3 is 6.03 Å². The summed E-state index contributed by atoms with van der Waals surface area (Å²) in [5.41, 5.74) is 1.36. The molecule has 3 rings (SSSR count). The molecule has 25 heavy (non-hydrogen) atoms. The molecule has 1 heterocycles. The molecule has 1 aliphatic carbocycles. The lowest BCUT2D eigenvalue weighted by Crippen LogP contribution is -2.49. The van der Waals surface area contributed by atoms with Gasteiger partial charge in [0.25, 0.3) is 0 Å². The summed E-state index contributed by atoms with van der Waals surface area (Å²) in [5.74, 6) is 1.32. The number of aliphatic hydroxyl groups excluding tert-OH is 1. The number of carbonyl (C=O) groups is 1. The summed E-state index contributed by atoms with van der Waals surface area (Å²) in [6, 6.07) is 10.7. The lowest BCUT2D eigenvalue weighted by atomic mass is 9.98. The number of carbonyl (C=O) groups excluding carboxylic acids is 1. The Balaban J connectivity index is 1.49. The van der Waals surface area contributed by atoms with Crippen molar-refractivity contribution < 1.29 is 9.90 Å². The Labute approximate surface area is 150 Å². The van der Waals surface area contributed by atoms with Gasteiger partial charge in [-0.2, -0.15) is 0 Å². The fourth-order valence-electron chi connectivity index (χ4n) is 4.22. The lowest BCUT2D eigenvalue weighted by molar-refractivity contribution is 0.197. The smallest absolute Gasteiger partial charge is 0.315 e. The highest BCUT2D eigenvalue weighted by Crippen LogP contribution is 2.38. The van der Waals surface area contributed by atoms with Crippen LogP contribution in [-0.4, -0.2) is 47.8 Å². The normalized spacial score (nSPS) is 28.4. The van der Waals surface area contributed by atoms with Crippen LogP contribution in [0.2, 0.25) is 0 Å². The Bertz CT molecular complexity index is 565. The molecule has 1 saturated carbocycles. The van der Waals surface area contributed by atoms with Crippen molar-refractivity contribution in [1.82, 2.24) is 15.5 Å². The standard InChI is InChI=1S/C20H31N3O2/c1-14(13-24)15(2)21-20(25)22-19-9-8-17-11-23(12-18(17)19)10-16-6-4-3-5-7-16/h3-7,14-15,17-19,24H,8-13H2,1-2H3,(H2,21,22,25)/t14-,15+,17-,18+,19-/m1/s1. The molecule has 2 fully saturated rings. The molecule has 1 aliphatic heterocycles. The zero-order chi connectivity index (χ0) is 17.8. The van der Waals surface area contributed by atoms with E-state index in [1.807, 2.05) is 13.8 Å². The fourth-order valence-corrected chi connectivity index (χ4v) is 4.22.